The number of nitrogens with zero attached hydrogens (tertiary/aromatic N) is 4. The summed E-state index contributed by atoms with van der Waals surface area (Å²) in [6.07, 6.45) is 9.43. The molecule has 2 aromatic heterocycles. The molecule has 0 atom stereocenters. The molecule has 0 amide bonds. The fourth-order valence-electron chi connectivity index (χ4n) is 2.60. The third-order valence-electron chi connectivity index (χ3n) is 3.71. The Kier molecular flexibility index (Phi) is 4.40. The van der Waals surface area contributed by atoms with E-state index in [1.165, 1.54) is 5.56 Å². The lowest BCUT2D eigenvalue weighted by atomic mass is 10.1. The molecular weight excluding hydrogens is 264 g/mol. The first-order valence-corrected chi connectivity index (χ1v) is 7.36. The number of hydrogen-bond donors (Lipinski definition) is 0. The summed E-state index contributed by atoms with van der Waals surface area (Å²) < 4.78 is 5.92. The second-order valence-electron chi connectivity index (χ2n) is 5.45. The predicted molar refractivity (Wildman–Crippen MR) is 79.9 cm³/mol. The van der Waals surface area contributed by atoms with Gasteiger partial charge in [-0.1, -0.05) is 0 Å². The van der Waals surface area contributed by atoms with E-state index in [0.29, 0.717) is 5.88 Å². The van der Waals surface area contributed by atoms with Crippen LogP contribution in [0.3, 0.4) is 0 Å². The number of likely N-dealkylation sites (tertiary alicyclic amines) is 1. The highest BCUT2D eigenvalue weighted by molar-refractivity contribution is 5.10. The van der Waals surface area contributed by atoms with Crippen molar-refractivity contribution in [3.05, 3.63) is 48.2 Å². The van der Waals surface area contributed by atoms with Crippen molar-refractivity contribution in [2.45, 2.75) is 32.4 Å². The quantitative estimate of drug-likeness (QED) is 0.861. The minimum absolute atomic E-state index is 0.245. The van der Waals surface area contributed by atoms with Gasteiger partial charge in [-0.3, -0.25) is 14.9 Å². The van der Waals surface area contributed by atoms with Gasteiger partial charge in [0.1, 0.15) is 6.10 Å². The van der Waals surface area contributed by atoms with E-state index in [1.807, 2.05) is 19.3 Å². The molecule has 1 saturated heterocycles. The van der Waals surface area contributed by atoms with Gasteiger partial charge in [-0.05, 0) is 37.5 Å². The molecule has 0 radical (unpaired) electrons. The predicted octanol–water partition coefficient (Wildman–Crippen LogP) is 2.22. The van der Waals surface area contributed by atoms with E-state index in [1.54, 1.807) is 12.4 Å². The molecule has 2 aromatic rings. The van der Waals surface area contributed by atoms with E-state index >= 15 is 0 Å². The van der Waals surface area contributed by atoms with E-state index in [0.717, 1.165) is 38.2 Å². The van der Waals surface area contributed by atoms with Crippen LogP contribution in [0.25, 0.3) is 0 Å². The van der Waals surface area contributed by atoms with E-state index in [-0.39, 0.29) is 6.10 Å². The Morgan fingerprint density at radius 2 is 1.90 bits per heavy atom. The second kappa shape index (κ2) is 6.63. The van der Waals surface area contributed by atoms with E-state index in [9.17, 15) is 0 Å². The lowest BCUT2D eigenvalue weighted by molar-refractivity contribution is 0.0927. The van der Waals surface area contributed by atoms with Crippen LogP contribution in [0.4, 0.5) is 0 Å². The highest BCUT2D eigenvalue weighted by Crippen LogP contribution is 2.18. The van der Waals surface area contributed by atoms with Crippen LogP contribution in [0.5, 0.6) is 5.88 Å². The third-order valence-corrected chi connectivity index (χ3v) is 3.71. The summed E-state index contributed by atoms with van der Waals surface area (Å²) in [7, 11) is 0. The van der Waals surface area contributed by atoms with Gasteiger partial charge in [-0.25, -0.2) is 4.98 Å². The molecule has 0 N–H and O–H groups in total. The number of rotatable bonds is 4. The smallest absolute Gasteiger partial charge is 0.232 e. The number of aromatic nitrogens is 3. The zero-order valence-electron chi connectivity index (χ0n) is 12.3. The summed E-state index contributed by atoms with van der Waals surface area (Å²) >= 11 is 0. The van der Waals surface area contributed by atoms with Crippen LogP contribution >= 0.6 is 0 Å². The lowest BCUT2D eigenvalue weighted by Gasteiger charge is -2.31. The molecule has 0 saturated carbocycles. The Morgan fingerprint density at radius 1 is 1.14 bits per heavy atom. The number of hydrogen-bond acceptors (Lipinski definition) is 5. The number of ether oxygens (including phenoxy) is 1. The fraction of sp³-hybridized carbons (Fsp3) is 0.438. The summed E-state index contributed by atoms with van der Waals surface area (Å²) in [6, 6.07) is 4.15. The minimum atomic E-state index is 0.245. The van der Waals surface area contributed by atoms with Crippen molar-refractivity contribution in [1.82, 2.24) is 19.9 Å². The molecule has 0 unspecified atom stereocenters. The van der Waals surface area contributed by atoms with Gasteiger partial charge >= 0.3 is 0 Å². The van der Waals surface area contributed by atoms with Gasteiger partial charge in [-0.2, -0.15) is 0 Å². The van der Waals surface area contributed by atoms with Gasteiger partial charge < -0.3 is 4.74 Å². The molecule has 0 spiro atoms. The van der Waals surface area contributed by atoms with Gasteiger partial charge in [0, 0.05) is 38.2 Å². The molecule has 1 aliphatic heterocycles. The maximum absolute atomic E-state index is 5.92. The van der Waals surface area contributed by atoms with Crippen LogP contribution in [0.15, 0.2) is 36.9 Å². The monoisotopic (exact) mass is 284 g/mol. The van der Waals surface area contributed by atoms with Crippen molar-refractivity contribution in [2.24, 2.45) is 0 Å². The van der Waals surface area contributed by atoms with E-state index < -0.39 is 0 Å². The van der Waals surface area contributed by atoms with Gasteiger partial charge in [0.15, 0.2) is 0 Å². The van der Waals surface area contributed by atoms with Crippen molar-refractivity contribution in [1.29, 1.82) is 0 Å². The Morgan fingerprint density at radius 3 is 2.62 bits per heavy atom. The van der Waals surface area contributed by atoms with Crippen molar-refractivity contribution < 1.29 is 4.74 Å². The first-order chi connectivity index (χ1) is 10.3. The number of aryl methyl sites for hydroxylation is 1. The van der Waals surface area contributed by atoms with Crippen molar-refractivity contribution in [3.63, 3.8) is 0 Å². The molecule has 5 heteroatoms. The zero-order valence-corrected chi connectivity index (χ0v) is 12.3. The van der Waals surface area contributed by atoms with Crippen LogP contribution in [-0.4, -0.2) is 39.0 Å². The van der Waals surface area contributed by atoms with Crippen molar-refractivity contribution in [2.75, 3.05) is 13.1 Å². The normalized spacial score (nSPS) is 16.8. The van der Waals surface area contributed by atoms with Crippen LogP contribution in [0.1, 0.15) is 24.1 Å². The highest BCUT2D eigenvalue weighted by atomic mass is 16.5. The van der Waals surface area contributed by atoms with E-state index in [4.69, 9.17) is 4.74 Å². The molecule has 110 valence electrons. The molecule has 0 aliphatic carbocycles. The summed E-state index contributed by atoms with van der Waals surface area (Å²) in [5.74, 6) is 0.641. The third kappa shape index (κ3) is 3.98. The minimum Gasteiger partial charge on any atom is -0.473 e. The highest BCUT2D eigenvalue weighted by Gasteiger charge is 2.21. The Labute approximate surface area is 125 Å². The first kappa shape index (κ1) is 13.9. The number of piperidine rings is 1. The molecule has 1 aliphatic rings. The van der Waals surface area contributed by atoms with Gasteiger partial charge in [0.2, 0.25) is 5.88 Å². The molecule has 3 heterocycles. The summed E-state index contributed by atoms with van der Waals surface area (Å²) in [4.78, 5) is 15.0. The van der Waals surface area contributed by atoms with Crippen LogP contribution in [-0.2, 0) is 6.54 Å². The van der Waals surface area contributed by atoms with E-state index in [2.05, 4.69) is 32.0 Å². The summed E-state index contributed by atoms with van der Waals surface area (Å²) in [6.45, 7) is 5.01. The molecule has 3 rings (SSSR count). The van der Waals surface area contributed by atoms with Crippen LogP contribution < -0.4 is 4.74 Å². The average molecular weight is 284 g/mol. The van der Waals surface area contributed by atoms with Gasteiger partial charge in [-0.15, -0.1) is 0 Å². The molecule has 0 aromatic carbocycles. The first-order valence-electron chi connectivity index (χ1n) is 7.36. The zero-order chi connectivity index (χ0) is 14.5. The topological polar surface area (TPSA) is 51.1 Å². The molecular formula is C16H20N4O. The largest absolute Gasteiger partial charge is 0.473 e. The molecule has 0 bridgehead atoms. The van der Waals surface area contributed by atoms with Crippen molar-refractivity contribution in [3.8, 4) is 5.88 Å². The van der Waals surface area contributed by atoms with Crippen LogP contribution in [0, 0.1) is 6.92 Å². The number of pyridine rings is 1. The Bertz CT molecular complexity index is 567. The van der Waals surface area contributed by atoms with Crippen LogP contribution in [0.2, 0.25) is 0 Å². The lowest BCUT2D eigenvalue weighted by Crippen LogP contribution is -2.37. The maximum atomic E-state index is 5.92. The SMILES string of the molecule is Cc1cncc(OC2CCN(Cc3ccncc3)CC2)n1. The Balaban J connectivity index is 1.49. The van der Waals surface area contributed by atoms with Gasteiger partial charge in [0.05, 0.1) is 11.9 Å². The average Bonchev–Trinajstić information content (AvgIpc) is 2.50. The second-order valence-corrected chi connectivity index (χ2v) is 5.45. The molecule has 1 fully saturated rings. The maximum Gasteiger partial charge on any atom is 0.232 e. The molecule has 21 heavy (non-hydrogen) atoms. The fourth-order valence-corrected chi connectivity index (χ4v) is 2.60. The summed E-state index contributed by atoms with van der Waals surface area (Å²) in [5.41, 5.74) is 2.21. The molecule has 5 nitrogen and oxygen atoms in total. The summed E-state index contributed by atoms with van der Waals surface area (Å²) in [5, 5.41) is 0. The van der Waals surface area contributed by atoms with Gasteiger partial charge in [0.25, 0.3) is 0 Å². The van der Waals surface area contributed by atoms with Crippen molar-refractivity contribution >= 4 is 0 Å². The standard InChI is InChI=1S/C16H20N4O/c1-13-10-18-11-16(19-13)21-15-4-8-20(9-5-15)12-14-2-6-17-7-3-14/h2-3,6-7,10-11,15H,4-5,8-9,12H2,1H3. The Hall–Kier alpha value is -2.01.